The third-order valence-electron chi connectivity index (χ3n) is 13.0. The van der Waals surface area contributed by atoms with Crippen LogP contribution < -0.4 is 20.2 Å². The number of piperazine rings is 1. The molecule has 1 saturated heterocycles. The number of hydrogen-bond donors (Lipinski definition) is 5. The summed E-state index contributed by atoms with van der Waals surface area (Å²) in [6, 6.07) is 4.23. The molecular weight excluding hydrogens is 880 g/mol. The zero-order valence-electron chi connectivity index (χ0n) is 38.2. The average molecular weight is 936 g/mol. The van der Waals surface area contributed by atoms with Crippen LogP contribution in [0.2, 0.25) is 5.02 Å². The number of Topliss-reactive ketones (excluding diaryl/α,β-unsaturated/α-hetero) is 3. The van der Waals surface area contributed by atoms with Crippen LogP contribution in [0.4, 0.5) is 11.4 Å². The van der Waals surface area contributed by atoms with Crippen molar-refractivity contribution in [2.45, 2.75) is 85.6 Å². The van der Waals surface area contributed by atoms with Crippen molar-refractivity contribution >= 4 is 52.2 Å². The number of allylic oxidation sites excluding steroid dienone is 4. The van der Waals surface area contributed by atoms with Gasteiger partial charge >= 0.3 is 11.8 Å². The van der Waals surface area contributed by atoms with Gasteiger partial charge < -0.3 is 59.8 Å². The van der Waals surface area contributed by atoms with Crippen LogP contribution in [0.15, 0.2) is 65.7 Å². The lowest BCUT2D eigenvalue weighted by molar-refractivity contribution is -0.160. The zero-order valence-corrected chi connectivity index (χ0v) is 38.9. The molecule has 66 heavy (non-hydrogen) atoms. The number of carbonyl (C=O) groups is 5. The van der Waals surface area contributed by atoms with Crippen molar-refractivity contribution in [3.63, 3.8) is 0 Å². The average Bonchev–Trinajstić information content (AvgIpc) is 3.54. The van der Waals surface area contributed by atoms with E-state index < -0.39 is 106 Å². The van der Waals surface area contributed by atoms with Gasteiger partial charge in [0.15, 0.2) is 0 Å². The maximum atomic E-state index is 15.1. The Bertz CT molecular complexity index is 2420. The largest absolute Gasteiger partial charge is 0.733 e. The second kappa shape index (κ2) is 19.6. The zero-order chi connectivity index (χ0) is 48.7. The smallest absolute Gasteiger partial charge is 0.312 e. The molecule has 4 aliphatic heterocycles. The Balaban J connectivity index is 1.46. The number of aromatic hydroxyl groups is 1. The number of methoxy groups -OCH3 is 1. The molecule has 5 N–H and O–H groups in total. The van der Waals surface area contributed by atoms with Crippen molar-refractivity contribution in [2.75, 3.05) is 43.4 Å². The van der Waals surface area contributed by atoms with Crippen LogP contribution in [-0.4, -0.2) is 118 Å². The number of carbonyl (C=O) groups excluding carboxylic acids is 5. The van der Waals surface area contributed by atoms with Crippen molar-refractivity contribution in [1.82, 2.24) is 10.2 Å². The van der Waals surface area contributed by atoms with E-state index in [9.17, 15) is 44.9 Å². The Hall–Kier alpha value is -5.76. The molecule has 5 aliphatic rings. The highest BCUT2D eigenvalue weighted by Gasteiger charge is 2.53. The molecule has 7 rings (SSSR count). The summed E-state index contributed by atoms with van der Waals surface area (Å²) < 4.78 is 23.6. The molecule has 0 aromatic heterocycles. The van der Waals surface area contributed by atoms with Gasteiger partial charge in [0.2, 0.25) is 11.6 Å². The van der Waals surface area contributed by atoms with Crippen LogP contribution in [0.5, 0.6) is 11.5 Å². The van der Waals surface area contributed by atoms with Gasteiger partial charge in [-0.15, -0.1) is 0 Å². The molecule has 0 saturated carbocycles. The molecule has 18 nitrogen and oxygen atoms in total. The van der Waals surface area contributed by atoms with E-state index in [1.807, 2.05) is 4.90 Å². The van der Waals surface area contributed by atoms with E-state index in [0.29, 0.717) is 5.69 Å². The number of ether oxygens (including phenoxy) is 4. The van der Waals surface area contributed by atoms with Gasteiger partial charge in [-0.1, -0.05) is 57.5 Å². The minimum absolute atomic E-state index is 0.0427. The maximum absolute atomic E-state index is 15.1. The molecule has 356 valence electrons. The fourth-order valence-corrected chi connectivity index (χ4v) is 9.31. The first-order valence-corrected chi connectivity index (χ1v) is 21.9. The summed E-state index contributed by atoms with van der Waals surface area (Å²) in [5, 5.41) is 57.9. The Morgan fingerprint density at radius 2 is 1.59 bits per heavy atom. The lowest BCUT2D eigenvalue weighted by atomic mass is 9.78. The first-order chi connectivity index (χ1) is 31.0. The molecule has 1 amide bonds. The predicted octanol–water partition coefficient (Wildman–Crippen LogP) is 5.13. The highest BCUT2D eigenvalue weighted by Crippen LogP contribution is 2.49. The van der Waals surface area contributed by atoms with Gasteiger partial charge in [0.1, 0.15) is 29.0 Å². The fraction of sp³-hybridized carbons (Fsp3) is 0.468. The van der Waals surface area contributed by atoms with Crippen LogP contribution in [0, 0.1) is 35.8 Å². The number of rotatable bonds is 5. The predicted molar refractivity (Wildman–Crippen MR) is 241 cm³/mol. The number of aliphatic hydroxyl groups excluding tert-OH is 2. The highest BCUT2D eigenvalue weighted by atomic mass is 35.5. The number of nitrogens with zero attached hydrogens (tertiary/aromatic N) is 3. The SMILES string of the molecule is CO[C@H]1/C=C/O[C@@]2(C)Oc3c(C)c(O)c4c(c3C2=O)C(=O)C(N2CCN(c3ccc(N([O-])O)cc3Cl)CC2)=C(NC(=O)/C(C)=C\C=C\[C@H](C)[C@H](O)[C@@H](C)[C@H](O)[C@H](C)[C@H](OC(C)=O)[C@@H]1C)C4=O. The molecule has 0 unspecified atom stereocenters. The lowest BCUT2D eigenvalue weighted by Gasteiger charge is -2.40. The standard InChI is InChI=1S/C47H56ClN4O14/c1-22-11-10-12-23(2)46(60)49-36-37(51-18-16-50(17-19-51)31-14-13-29(52(61)62)21-30(31)48)42(58)33-34(41(36)57)40(56)27(6)44-35(33)45(59)47(8,66-44)64-20-15-32(63-9)24(3)43(65-28(7)53)26(5)39(55)25(4)38(22)54/h10-15,20-22,24-26,32,38-39,43,54-56,61H,16-19H2,1-9H3,(H,49,60)/q-1/b11-10+,20-15+,23-12-/t22-,24+,25+,26-,32-,38-,39-,43+,47-/m0/s1. The van der Waals surface area contributed by atoms with E-state index in [2.05, 4.69) is 5.32 Å². The molecule has 19 heteroatoms. The first-order valence-electron chi connectivity index (χ1n) is 21.5. The molecule has 1 fully saturated rings. The van der Waals surface area contributed by atoms with Gasteiger partial charge in [-0.3, -0.25) is 29.2 Å². The number of benzene rings is 2. The molecule has 2 aromatic rings. The summed E-state index contributed by atoms with van der Waals surface area (Å²) in [6.45, 7) is 12.9. The lowest BCUT2D eigenvalue weighted by Crippen LogP contribution is -2.50. The molecule has 5 bridgehead atoms. The fourth-order valence-electron chi connectivity index (χ4n) is 9.02. The minimum atomic E-state index is -2.14. The number of aliphatic hydroxyl groups is 2. The maximum Gasteiger partial charge on any atom is 0.312 e. The Labute approximate surface area is 387 Å². The van der Waals surface area contributed by atoms with E-state index >= 15 is 4.79 Å². The van der Waals surface area contributed by atoms with Gasteiger partial charge in [-0.25, -0.2) is 0 Å². The molecule has 2 aromatic carbocycles. The summed E-state index contributed by atoms with van der Waals surface area (Å²) in [6.07, 6.45) is 3.18. The van der Waals surface area contributed by atoms with E-state index in [0.717, 1.165) is 6.26 Å². The van der Waals surface area contributed by atoms with E-state index in [4.69, 9.17) is 30.5 Å². The van der Waals surface area contributed by atoms with Gasteiger partial charge in [-0.05, 0) is 38.1 Å². The van der Waals surface area contributed by atoms with Crippen LogP contribution in [0.1, 0.15) is 85.1 Å². The number of halogens is 1. The number of fused-ring (bicyclic) bond motifs is 14. The van der Waals surface area contributed by atoms with Crippen LogP contribution >= 0.6 is 11.6 Å². The third-order valence-corrected chi connectivity index (χ3v) is 13.3. The number of phenols is 1. The second-order valence-electron chi connectivity index (χ2n) is 17.4. The number of hydrogen-bond acceptors (Lipinski definition) is 17. The van der Waals surface area contributed by atoms with E-state index in [1.54, 1.807) is 44.7 Å². The molecule has 0 spiro atoms. The Morgan fingerprint density at radius 3 is 2.20 bits per heavy atom. The van der Waals surface area contributed by atoms with Crippen molar-refractivity contribution in [2.24, 2.45) is 23.7 Å². The number of phenolic OH excluding ortho intramolecular Hbond substituents is 1. The van der Waals surface area contributed by atoms with Gasteiger partial charge in [0.05, 0.1) is 57.7 Å². The second-order valence-corrected chi connectivity index (χ2v) is 17.8. The highest BCUT2D eigenvalue weighted by molar-refractivity contribution is 6.34. The summed E-state index contributed by atoms with van der Waals surface area (Å²) in [4.78, 5) is 74.3. The van der Waals surface area contributed by atoms with Crippen LogP contribution in [-0.2, 0) is 23.8 Å². The Kier molecular flexibility index (Phi) is 14.8. The van der Waals surface area contributed by atoms with Gasteiger partial charge in [0, 0.05) is 81.9 Å². The van der Waals surface area contributed by atoms with Crippen molar-refractivity contribution in [1.29, 1.82) is 0 Å². The number of ketones is 3. The van der Waals surface area contributed by atoms with Crippen LogP contribution in [0.25, 0.3) is 0 Å². The minimum Gasteiger partial charge on any atom is -0.733 e. The number of anilines is 2. The van der Waals surface area contributed by atoms with Crippen molar-refractivity contribution < 1.29 is 63.4 Å². The number of esters is 1. The number of amides is 1. The van der Waals surface area contributed by atoms with E-state index in [-0.39, 0.29) is 70.3 Å². The normalized spacial score (nSPS) is 30.5. The number of nitrogens with one attached hydrogen (secondary N) is 1. The molecular formula is C47H56ClN4O14-. The van der Waals surface area contributed by atoms with E-state index in [1.165, 1.54) is 65.2 Å². The monoisotopic (exact) mass is 935 g/mol. The topological polar surface area (TPSA) is 248 Å². The summed E-state index contributed by atoms with van der Waals surface area (Å²) in [7, 11) is 1.41. The summed E-state index contributed by atoms with van der Waals surface area (Å²) in [5.41, 5.74) is -1.45. The van der Waals surface area contributed by atoms with Gasteiger partial charge in [0.25, 0.3) is 11.7 Å². The summed E-state index contributed by atoms with van der Waals surface area (Å²) in [5.74, 6) is -9.67. The third kappa shape index (κ3) is 9.30. The van der Waals surface area contributed by atoms with Crippen molar-refractivity contribution in [3.05, 3.63) is 98.2 Å². The van der Waals surface area contributed by atoms with Crippen LogP contribution in [0.3, 0.4) is 0 Å². The first kappa shape index (κ1) is 49.7. The molecule has 1 aliphatic carbocycles. The van der Waals surface area contributed by atoms with Crippen molar-refractivity contribution in [3.8, 4) is 11.5 Å². The molecule has 4 heterocycles. The molecule has 0 radical (unpaired) electrons. The summed E-state index contributed by atoms with van der Waals surface area (Å²) >= 11 is 6.49. The Morgan fingerprint density at radius 1 is 0.939 bits per heavy atom. The quantitative estimate of drug-likeness (QED) is 0.193. The molecule has 9 atom stereocenters. The van der Waals surface area contributed by atoms with Gasteiger partial charge in [-0.2, -0.15) is 0 Å².